The summed E-state index contributed by atoms with van der Waals surface area (Å²) < 4.78 is 3.81. The molecule has 0 atom stereocenters. The SMILES string of the molecule is C[OH+]c1ccccc1C(=O)O.[Ti]. The molecular weight excluding hydrogens is 192 g/mol. The van der Waals surface area contributed by atoms with E-state index in [4.69, 9.17) is 5.11 Å². The Balaban J connectivity index is 0.00000121. The maximum atomic E-state index is 10.5. The van der Waals surface area contributed by atoms with Gasteiger partial charge in [-0.15, -0.1) is 0 Å². The first kappa shape index (κ1) is 11.2. The van der Waals surface area contributed by atoms with Crippen LogP contribution in [-0.2, 0) is 21.7 Å². The summed E-state index contributed by atoms with van der Waals surface area (Å²) >= 11 is 0. The quantitative estimate of drug-likeness (QED) is 0.578. The molecule has 0 amide bonds. The summed E-state index contributed by atoms with van der Waals surface area (Å²) in [4.78, 5) is 10.5. The van der Waals surface area contributed by atoms with Crippen LogP contribution in [0.4, 0.5) is 0 Å². The van der Waals surface area contributed by atoms with E-state index in [2.05, 4.69) is 4.74 Å². The van der Waals surface area contributed by atoms with Crippen LogP contribution in [0.2, 0.25) is 0 Å². The van der Waals surface area contributed by atoms with Crippen LogP contribution in [0.25, 0.3) is 0 Å². The maximum absolute atomic E-state index is 10.5. The summed E-state index contributed by atoms with van der Waals surface area (Å²) in [6.07, 6.45) is 0. The van der Waals surface area contributed by atoms with Crippen molar-refractivity contribution in [2.45, 2.75) is 0 Å². The molecule has 0 aliphatic heterocycles. The molecule has 4 heteroatoms. The molecule has 1 rings (SSSR count). The second-order valence-corrected chi connectivity index (χ2v) is 2.05. The molecular formula is C8H9O3Ti+. The van der Waals surface area contributed by atoms with Gasteiger partial charge in [-0.3, -0.25) is 0 Å². The van der Waals surface area contributed by atoms with Gasteiger partial charge in [0.2, 0.25) is 0 Å². The number of hydrogen-bond acceptors (Lipinski definition) is 1. The van der Waals surface area contributed by atoms with Crippen molar-refractivity contribution in [3.05, 3.63) is 29.8 Å². The van der Waals surface area contributed by atoms with Gasteiger partial charge in [0.25, 0.3) is 5.75 Å². The van der Waals surface area contributed by atoms with Gasteiger partial charge in [-0.05, 0) is 6.07 Å². The molecule has 1 aromatic rings. The van der Waals surface area contributed by atoms with Crippen molar-refractivity contribution in [2.75, 3.05) is 7.11 Å². The third kappa shape index (κ3) is 2.36. The fourth-order valence-corrected chi connectivity index (χ4v) is 0.849. The first-order chi connectivity index (χ1) is 5.25. The predicted molar refractivity (Wildman–Crippen MR) is 41.0 cm³/mol. The monoisotopic (exact) mass is 201 g/mol. The van der Waals surface area contributed by atoms with Gasteiger partial charge in [0, 0.05) is 27.8 Å². The number of carboxylic acids is 1. The van der Waals surface area contributed by atoms with E-state index >= 15 is 0 Å². The molecule has 0 saturated heterocycles. The summed E-state index contributed by atoms with van der Waals surface area (Å²) in [6.45, 7) is 0. The van der Waals surface area contributed by atoms with E-state index in [-0.39, 0.29) is 27.3 Å². The minimum atomic E-state index is -0.939. The molecule has 0 radical (unpaired) electrons. The van der Waals surface area contributed by atoms with Crippen LogP contribution in [0.5, 0.6) is 5.75 Å². The fourth-order valence-electron chi connectivity index (χ4n) is 0.849. The number of rotatable bonds is 2. The first-order valence-corrected chi connectivity index (χ1v) is 3.18. The van der Waals surface area contributed by atoms with E-state index in [1.165, 1.54) is 6.07 Å². The van der Waals surface area contributed by atoms with Crippen LogP contribution in [-0.4, -0.2) is 22.9 Å². The summed E-state index contributed by atoms with van der Waals surface area (Å²) in [6, 6.07) is 6.64. The van der Waals surface area contributed by atoms with Crippen molar-refractivity contribution in [3.63, 3.8) is 0 Å². The third-order valence-corrected chi connectivity index (χ3v) is 1.38. The average molecular weight is 201 g/mol. The Morgan fingerprint density at radius 1 is 1.42 bits per heavy atom. The van der Waals surface area contributed by atoms with Gasteiger partial charge in [-0.2, -0.15) is 0 Å². The first-order valence-electron chi connectivity index (χ1n) is 3.18. The number of ether oxygens (including phenoxy) is 1. The van der Waals surface area contributed by atoms with Gasteiger partial charge in [0.1, 0.15) is 0 Å². The molecule has 2 N–H and O–H groups in total. The third-order valence-electron chi connectivity index (χ3n) is 1.38. The number of aromatic hydroxyl groups is 1. The van der Waals surface area contributed by atoms with E-state index in [9.17, 15) is 4.79 Å². The Kier molecular flexibility index (Phi) is 4.63. The Labute approximate surface area is 85.2 Å². The van der Waals surface area contributed by atoms with Gasteiger partial charge >= 0.3 is 5.97 Å². The predicted octanol–water partition coefficient (Wildman–Crippen LogP) is 1.25. The van der Waals surface area contributed by atoms with Gasteiger partial charge in [-0.1, -0.05) is 12.1 Å². The maximum Gasteiger partial charge on any atom is 0.345 e. The molecule has 62 valence electrons. The number of benzene rings is 1. The Morgan fingerprint density at radius 3 is 2.42 bits per heavy atom. The van der Waals surface area contributed by atoms with Crippen molar-refractivity contribution >= 4 is 5.97 Å². The standard InChI is InChI=1S/C8H8O3.Ti/c1-11-7-5-3-2-4-6(7)8(9)10;/h2-5H,1H3,(H,9,10);/p+1. The van der Waals surface area contributed by atoms with Crippen LogP contribution in [0.15, 0.2) is 24.3 Å². The average Bonchev–Trinajstić information content (AvgIpc) is 2.04. The molecule has 0 aliphatic carbocycles. The van der Waals surface area contributed by atoms with Crippen molar-refractivity contribution in [1.29, 1.82) is 0 Å². The van der Waals surface area contributed by atoms with Crippen LogP contribution < -0.4 is 0 Å². The Bertz CT molecular complexity index is 273. The van der Waals surface area contributed by atoms with Gasteiger partial charge in [-0.25, -0.2) is 4.79 Å². The zero-order valence-electron chi connectivity index (χ0n) is 6.61. The topological polar surface area (TPSA) is 50.1 Å². The van der Waals surface area contributed by atoms with E-state index < -0.39 is 5.97 Å². The summed E-state index contributed by atoms with van der Waals surface area (Å²) in [5.74, 6) is -0.425. The molecule has 12 heavy (non-hydrogen) atoms. The van der Waals surface area contributed by atoms with Crippen LogP contribution in [0.3, 0.4) is 0 Å². The van der Waals surface area contributed by atoms with Crippen molar-refractivity contribution in [1.82, 2.24) is 0 Å². The van der Waals surface area contributed by atoms with Gasteiger partial charge < -0.3 is 9.84 Å². The van der Waals surface area contributed by atoms with E-state index in [1.807, 2.05) is 0 Å². The largest absolute Gasteiger partial charge is 0.584 e. The molecule has 0 bridgehead atoms. The molecule has 0 saturated carbocycles. The summed E-state index contributed by atoms with van der Waals surface area (Å²) in [5, 5.41) is 8.64. The smallest absolute Gasteiger partial charge is 0.345 e. The second kappa shape index (κ2) is 4.96. The molecule has 0 aliphatic rings. The number of aromatic carboxylic acids is 1. The van der Waals surface area contributed by atoms with Gasteiger partial charge in [0.05, 0.1) is 0 Å². The van der Waals surface area contributed by atoms with E-state index in [0.717, 1.165) is 0 Å². The second-order valence-electron chi connectivity index (χ2n) is 2.05. The molecule has 0 aromatic heterocycles. The molecule has 3 nitrogen and oxygen atoms in total. The number of para-hydroxylation sites is 1. The van der Waals surface area contributed by atoms with Crippen LogP contribution in [0.1, 0.15) is 10.4 Å². The number of carbonyl (C=O) groups is 1. The number of hydrogen-bond donors (Lipinski definition) is 1. The Hall–Kier alpha value is -0.796. The molecule has 1 aromatic carbocycles. The van der Waals surface area contributed by atoms with Crippen molar-refractivity contribution < 1.29 is 36.4 Å². The zero-order chi connectivity index (χ0) is 8.27. The zero-order valence-corrected chi connectivity index (χ0v) is 8.17. The minimum absolute atomic E-state index is 0. The summed E-state index contributed by atoms with van der Waals surface area (Å²) in [5.41, 5.74) is 0.245. The number of carboxylic acid groups (broad SMARTS) is 1. The molecule has 0 heterocycles. The van der Waals surface area contributed by atoms with Crippen LogP contribution in [0, 0.1) is 0 Å². The minimum Gasteiger partial charge on any atom is -0.584 e. The van der Waals surface area contributed by atoms with Crippen LogP contribution >= 0.6 is 0 Å². The van der Waals surface area contributed by atoms with E-state index in [1.54, 1.807) is 25.3 Å². The number of aliphatic hydroxyl groups is 1. The van der Waals surface area contributed by atoms with Gasteiger partial charge in [0.15, 0.2) is 12.7 Å². The Morgan fingerprint density at radius 2 is 2.00 bits per heavy atom. The summed E-state index contributed by atoms with van der Waals surface area (Å²) in [7, 11) is 1.57. The fraction of sp³-hybridized carbons (Fsp3) is 0.125. The normalized spacial score (nSPS) is 8.42. The molecule has 0 unspecified atom stereocenters. The van der Waals surface area contributed by atoms with E-state index in [0.29, 0.717) is 5.75 Å². The van der Waals surface area contributed by atoms with Crippen molar-refractivity contribution in [2.24, 2.45) is 0 Å². The molecule has 0 fully saturated rings. The van der Waals surface area contributed by atoms with Crippen molar-refractivity contribution in [3.8, 4) is 5.75 Å². The molecule has 0 spiro atoms.